The molecule has 0 aliphatic rings. The number of carbonyl (C=O) groups is 2. The summed E-state index contributed by atoms with van der Waals surface area (Å²) in [6.45, 7) is 4.05. The second kappa shape index (κ2) is 11.7. The highest BCUT2D eigenvalue weighted by atomic mass is 16.6. The number of para-hydroxylation sites is 2. The third kappa shape index (κ3) is 6.20. The lowest BCUT2D eigenvalue weighted by Crippen LogP contribution is -2.31. The highest BCUT2D eigenvalue weighted by molar-refractivity contribution is 5.96. The second-order valence-electron chi connectivity index (χ2n) is 7.45. The van der Waals surface area contributed by atoms with Gasteiger partial charge in [0.2, 0.25) is 0 Å². The molecule has 0 saturated heterocycles. The van der Waals surface area contributed by atoms with Gasteiger partial charge in [-0.2, -0.15) is 0 Å². The van der Waals surface area contributed by atoms with Gasteiger partial charge in [0.05, 0.1) is 16.9 Å². The Morgan fingerprint density at radius 2 is 1.38 bits per heavy atom. The molecule has 3 aromatic carbocycles. The number of carbonyl (C=O) groups excluding carboxylic acids is 2. The smallest absolute Gasteiger partial charge is 0.419 e. The van der Waals surface area contributed by atoms with Crippen molar-refractivity contribution in [3.05, 3.63) is 96.1 Å². The molecule has 5 heteroatoms. The molecular formula is C27H29NO4. The Morgan fingerprint density at radius 1 is 0.812 bits per heavy atom. The standard InChI is InChI=1S/C27H29NO4/c1-3-11-25(32-26(29)22-18-16-21(4-2)17-19-22)20-31-27(30)28(23-12-7-5-8-13-23)24-14-9-6-10-15-24/h5-10,12-19,25H,3-4,11,20H2,1-2H3. The molecule has 32 heavy (non-hydrogen) atoms. The van der Waals surface area contributed by atoms with E-state index >= 15 is 0 Å². The first-order valence-electron chi connectivity index (χ1n) is 11.0. The van der Waals surface area contributed by atoms with Crippen LogP contribution in [-0.2, 0) is 15.9 Å². The van der Waals surface area contributed by atoms with Crippen molar-refractivity contribution in [1.82, 2.24) is 0 Å². The summed E-state index contributed by atoms with van der Waals surface area (Å²) < 4.78 is 11.3. The summed E-state index contributed by atoms with van der Waals surface area (Å²) in [7, 11) is 0. The van der Waals surface area contributed by atoms with E-state index in [9.17, 15) is 9.59 Å². The lowest BCUT2D eigenvalue weighted by atomic mass is 10.1. The van der Waals surface area contributed by atoms with Crippen molar-refractivity contribution in [2.75, 3.05) is 11.5 Å². The Labute approximate surface area is 189 Å². The van der Waals surface area contributed by atoms with Gasteiger partial charge in [0.1, 0.15) is 12.7 Å². The first-order chi connectivity index (χ1) is 15.6. The van der Waals surface area contributed by atoms with Crippen LogP contribution < -0.4 is 4.90 Å². The van der Waals surface area contributed by atoms with Crippen LogP contribution in [0.15, 0.2) is 84.9 Å². The summed E-state index contributed by atoms with van der Waals surface area (Å²) in [5.41, 5.74) is 3.04. The summed E-state index contributed by atoms with van der Waals surface area (Å²) >= 11 is 0. The van der Waals surface area contributed by atoms with E-state index in [4.69, 9.17) is 9.47 Å². The van der Waals surface area contributed by atoms with Crippen LogP contribution in [0.4, 0.5) is 16.2 Å². The lowest BCUT2D eigenvalue weighted by molar-refractivity contribution is 0.00786. The van der Waals surface area contributed by atoms with E-state index in [1.54, 1.807) is 12.1 Å². The van der Waals surface area contributed by atoms with Crippen LogP contribution in [-0.4, -0.2) is 24.8 Å². The Balaban J connectivity index is 1.69. The topological polar surface area (TPSA) is 55.8 Å². The number of hydrogen-bond donors (Lipinski definition) is 0. The molecule has 0 spiro atoms. The molecule has 0 heterocycles. The maximum atomic E-state index is 13.0. The molecular weight excluding hydrogens is 402 g/mol. The normalized spacial score (nSPS) is 11.4. The Bertz CT molecular complexity index is 948. The monoisotopic (exact) mass is 431 g/mol. The summed E-state index contributed by atoms with van der Waals surface area (Å²) in [5.74, 6) is -0.412. The van der Waals surface area contributed by atoms with Gasteiger partial charge in [-0.3, -0.25) is 0 Å². The van der Waals surface area contributed by atoms with E-state index in [0.29, 0.717) is 23.4 Å². The SMILES string of the molecule is CCCC(COC(=O)N(c1ccccc1)c1ccccc1)OC(=O)c1ccc(CC)cc1. The number of benzene rings is 3. The summed E-state index contributed by atoms with van der Waals surface area (Å²) in [4.78, 5) is 27.1. The van der Waals surface area contributed by atoms with Crippen molar-refractivity contribution >= 4 is 23.4 Å². The van der Waals surface area contributed by atoms with Gasteiger partial charge in [0, 0.05) is 0 Å². The highest BCUT2D eigenvalue weighted by Crippen LogP contribution is 2.26. The Kier molecular flexibility index (Phi) is 8.44. The number of hydrogen-bond acceptors (Lipinski definition) is 4. The van der Waals surface area contributed by atoms with Crippen molar-refractivity contribution in [1.29, 1.82) is 0 Å². The van der Waals surface area contributed by atoms with E-state index in [1.165, 1.54) is 4.90 Å². The van der Waals surface area contributed by atoms with Crippen molar-refractivity contribution in [2.45, 2.75) is 39.2 Å². The Hall–Kier alpha value is -3.60. The van der Waals surface area contributed by atoms with Crippen molar-refractivity contribution in [3.63, 3.8) is 0 Å². The molecule has 0 aromatic heterocycles. The fourth-order valence-corrected chi connectivity index (χ4v) is 3.34. The van der Waals surface area contributed by atoms with E-state index in [1.807, 2.05) is 79.7 Å². The van der Waals surface area contributed by atoms with Crippen LogP contribution >= 0.6 is 0 Å². The van der Waals surface area contributed by atoms with Crippen LogP contribution in [0, 0.1) is 0 Å². The van der Waals surface area contributed by atoms with Gasteiger partial charge in [-0.25, -0.2) is 14.5 Å². The van der Waals surface area contributed by atoms with E-state index in [-0.39, 0.29) is 6.61 Å². The summed E-state index contributed by atoms with van der Waals surface area (Å²) in [6.07, 6.45) is 1.26. The quantitative estimate of drug-likeness (QED) is 0.361. The maximum absolute atomic E-state index is 13.0. The molecule has 1 amide bonds. The molecule has 1 unspecified atom stereocenters. The molecule has 3 rings (SSSR count). The number of ether oxygens (including phenoxy) is 2. The highest BCUT2D eigenvalue weighted by Gasteiger charge is 2.23. The summed E-state index contributed by atoms with van der Waals surface area (Å²) in [5, 5.41) is 0. The van der Waals surface area contributed by atoms with Gasteiger partial charge in [-0.15, -0.1) is 0 Å². The van der Waals surface area contributed by atoms with Crippen LogP contribution in [0.2, 0.25) is 0 Å². The van der Waals surface area contributed by atoms with Crippen molar-refractivity contribution < 1.29 is 19.1 Å². The van der Waals surface area contributed by atoms with Crippen LogP contribution in [0.3, 0.4) is 0 Å². The molecule has 0 N–H and O–H groups in total. The van der Waals surface area contributed by atoms with Gasteiger partial charge in [-0.05, 0) is 54.8 Å². The molecule has 166 valence electrons. The average Bonchev–Trinajstić information content (AvgIpc) is 2.84. The number of nitrogens with zero attached hydrogens (tertiary/aromatic N) is 1. The molecule has 1 atom stereocenters. The van der Waals surface area contributed by atoms with E-state index in [2.05, 4.69) is 6.92 Å². The van der Waals surface area contributed by atoms with Gasteiger partial charge in [-0.1, -0.05) is 68.8 Å². The third-order valence-electron chi connectivity index (χ3n) is 5.09. The fourth-order valence-electron chi connectivity index (χ4n) is 3.34. The van der Waals surface area contributed by atoms with Gasteiger partial charge in [0.15, 0.2) is 0 Å². The minimum absolute atomic E-state index is 0.0123. The molecule has 0 radical (unpaired) electrons. The van der Waals surface area contributed by atoms with Crippen LogP contribution in [0.1, 0.15) is 42.6 Å². The van der Waals surface area contributed by atoms with Crippen molar-refractivity contribution in [2.24, 2.45) is 0 Å². The molecule has 0 aliphatic heterocycles. The zero-order chi connectivity index (χ0) is 22.8. The minimum Gasteiger partial charge on any atom is -0.455 e. The first kappa shape index (κ1) is 23.1. The number of aryl methyl sites for hydroxylation is 1. The first-order valence-corrected chi connectivity index (χ1v) is 11.0. The molecule has 0 aliphatic carbocycles. The average molecular weight is 432 g/mol. The number of esters is 1. The maximum Gasteiger partial charge on any atom is 0.419 e. The number of rotatable bonds is 9. The van der Waals surface area contributed by atoms with Crippen LogP contribution in [0.25, 0.3) is 0 Å². The van der Waals surface area contributed by atoms with Crippen molar-refractivity contribution in [3.8, 4) is 0 Å². The molecule has 0 bridgehead atoms. The van der Waals surface area contributed by atoms with Crippen LogP contribution in [0.5, 0.6) is 0 Å². The summed E-state index contributed by atoms with van der Waals surface area (Å²) in [6, 6.07) is 26.0. The lowest BCUT2D eigenvalue weighted by Gasteiger charge is -2.24. The predicted molar refractivity (Wildman–Crippen MR) is 126 cm³/mol. The second-order valence-corrected chi connectivity index (χ2v) is 7.45. The van der Waals surface area contributed by atoms with Gasteiger partial charge < -0.3 is 9.47 Å². The van der Waals surface area contributed by atoms with Gasteiger partial charge >= 0.3 is 12.1 Å². The molecule has 5 nitrogen and oxygen atoms in total. The zero-order valence-corrected chi connectivity index (χ0v) is 18.6. The molecule has 3 aromatic rings. The Morgan fingerprint density at radius 3 is 1.88 bits per heavy atom. The molecule has 0 saturated carbocycles. The van der Waals surface area contributed by atoms with E-state index in [0.717, 1.165) is 18.4 Å². The van der Waals surface area contributed by atoms with E-state index < -0.39 is 18.2 Å². The number of amides is 1. The molecule has 0 fully saturated rings. The van der Waals surface area contributed by atoms with Gasteiger partial charge in [0.25, 0.3) is 0 Å². The fraction of sp³-hybridized carbons (Fsp3) is 0.259. The predicted octanol–water partition coefficient (Wildman–Crippen LogP) is 6.55. The largest absolute Gasteiger partial charge is 0.455 e. The zero-order valence-electron chi connectivity index (χ0n) is 18.6. The number of anilines is 2. The third-order valence-corrected chi connectivity index (χ3v) is 5.09. The minimum atomic E-state index is -0.521.